The number of Topliss-reactive ketones (excluding diaryl/α,β-unsaturated/α-hetero) is 1. The molecule has 134 valence electrons. The maximum atomic E-state index is 11.7. The molecule has 1 aromatic rings. The van der Waals surface area contributed by atoms with Crippen LogP contribution in [0.5, 0.6) is 5.75 Å². The summed E-state index contributed by atoms with van der Waals surface area (Å²) in [5.41, 5.74) is 1.87. The van der Waals surface area contributed by atoms with E-state index < -0.39 is 0 Å². The molecular weight excluding hydrogens is 298 g/mol. The smallest absolute Gasteiger partial charge is 0.159 e. The summed E-state index contributed by atoms with van der Waals surface area (Å²) in [6, 6.07) is 5.85. The van der Waals surface area contributed by atoms with E-state index in [2.05, 4.69) is 18.7 Å². The van der Waals surface area contributed by atoms with Crippen LogP contribution >= 0.6 is 0 Å². The second kappa shape index (κ2) is 9.71. The van der Waals surface area contributed by atoms with Crippen LogP contribution in [0.4, 0.5) is 5.69 Å². The highest BCUT2D eigenvalue weighted by Gasteiger charge is 2.24. The summed E-state index contributed by atoms with van der Waals surface area (Å²) in [6.45, 7) is 8.05. The van der Waals surface area contributed by atoms with Gasteiger partial charge in [0.25, 0.3) is 0 Å². The van der Waals surface area contributed by atoms with Gasteiger partial charge in [-0.15, -0.1) is 0 Å². The molecule has 3 nitrogen and oxygen atoms in total. The predicted octanol–water partition coefficient (Wildman–Crippen LogP) is 5.62. The minimum absolute atomic E-state index is 0.117. The first kappa shape index (κ1) is 18.8. The lowest BCUT2D eigenvalue weighted by molar-refractivity contribution is 0.101. The molecule has 1 aromatic carbocycles. The zero-order chi connectivity index (χ0) is 17.4. The fourth-order valence-corrected chi connectivity index (χ4v) is 3.33. The highest BCUT2D eigenvalue weighted by Crippen LogP contribution is 2.35. The lowest BCUT2D eigenvalue weighted by atomic mass is 10.1. The summed E-state index contributed by atoms with van der Waals surface area (Å²) < 4.78 is 6.06. The second-order valence-electron chi connectivity index (χ2n) is 6.95. The van der Waals surface area contributed by atoms with Gasteiger partial charge in [-0.3, -0.25) is 4.79 Å². The highest BCUT2D eigenvalue weighted by molar-refractivity contribution is 5.95. The van der Waals surface area contributed by atoms with E-state index in [4.69, 9.17) is 4.74 Å². The Bertz CT molecular complexity index is 527. The molecule has 3 heteroatoms. The average molecular weight is 332 g/mol. The van der Waals surface area contributed by atoms with E-state index in [9.17, 15) is 4.79 Å². The fourth-order valence-electron chi connectivity index (χ4n) is 3.33. The van der Waals surface area contributed by atoms with Gasteiger partial charge in [0.2, 0.25) is 0 Å². The van der Waals surface area contributed by atoms with Gasteiger partial charge in [0.15, 0.2) is 5.78 Å². The van der Waals surface area contributed by atoms with E-state index in [1.165, 1.54) is 44.9 Å². The molecule has 0 saturated carbocycles. The molecule has 0 radical (unpaired) electrons. The summed E-state index contributed by atoms with van der Waals surface area (Å²) in [5.74, 6) is 1.05. The van der Waals surface area contributed by atoms with E-state index in [1.54, 1.807) is 6.92 Å². The Hall–Kier alpha value is -1.51. The monoisotopic (exact) mass is 331 g/mol. The molecule has 0 saturated heterocycles. The Kier molecular flexibility index (Phi) is 7.61. The molecule has 24 heavy (non-hydrogen) atoms. The first-order chi connectivity index (χ1) is 11.7. The van der Waals surface area contributed by atoms with Crippen LogP contribution in [0.15, 0.2) is 18.2 Å². The molecule has 0 amide bonds. The molecule has 1 unspecified atom stereocenters. The Morgan fingerprint density at radius 1 is 1.12 bits per heavy atom. The number of anilines is 1. The molecule has 0 spiro atoms. The average Bonchev–Trinajstić information content (AvgIpc) is 2.60. The number of carbonyl (C=O) groups is 1. The van der Waals surface area contributed by atoms with Crippen LogP contribution in [0.1, 0.15) is 82.5 Å². The molecular formula is C21H33NO2. The molecule has 0 aromatic heterocycles. The van der Waals surface area contributed by atoms with Gasteiger partial charge in [-0.1, -0.05) is 52.4 Å². The Morgan fingerprint density at radius 2 is 1.83 bits per heavy atom. The highest BCUT2D eigenvalue weighted by atomic mass is 16.5. The van der Waals surface area contributed by atoms with E-state index in [1.807, 2.05) is 18.2 Å². The molecule has 1 aliphatic heterocycles. The maximum absolute atomic E-state index is 11.7. The number of ether oxygens (including phenoxy) is 1. The van der Waals surface area contributed by atoms with Crippen molar-refractivity contribution in [3.05, 3.63) is 23.8 Å². The Labute approximate surface area is 147 Å². The minimum Gasteiger partial charge on any atom is -0.486 e. The van der Waals surface area contributed by atoms with Crippen molar-refractivity contribution in [3.8, 4) is 5.75 Å². The molecule has 1 atom stereocenters. The SMILES string of the molecule is CCCCCCCCCN1CC(CC)Oc2ccc(C(C)=O)cc21. The number of nitrogens with zero attached hydrogens (tertiary/aromatic N) is 1. The van der Waals surface area contributed by atoms with Gasteiger partial charge in [0.1, 0.15) is 11.9 Å². The first-order valence-corrected chi connectivity index (χ1v) is 9.72. The van der Waals surface area contributed by atoms with Crippen LogP contribution in [0.2, 0.25) is 0 Å². The Balaban J connectivity index is 1.93. The number of hydrogen-bond acceptors (Lipinski definition) is 3. The summed E-state index contributed by atoms with van der Waals surface area (Å²) in [5, 5.41) is 0. The number of hydrogen-bond donors (Lipinski definition) is 0. The quantitative estimate of drug-likeness (QED) is 0.412. The van der Waals surface area contributed by atoms with E-state index in [-0.39, 0.29) is 11.9 Å². The molecule has 1 aliphatic rings. The summed E-state index contributed by atoms with van der Waals surface area (Å²) in [7, 11) is 0. The van der Waals surface area contributed by atoms with Crippen molar-refractivity contribution in [2.45, 2.75) is 78.2 Å². The fraction of sp³-hybridized carbons (Fsp3) is 0.667. The third-order valence-corrected chi connectivity index (χ3v) is 4.91. The van der Waals surface area contributed by atoms with Crippen molar-refractivity contribution in [3.63, 3.8) is 0 Å². The van der Waals surface area contributed by atoms with Crippen molar-refractivity contribution in [2.24, 2.45) is 0 Å². The summed E-state index contributed by atoms with van der Waals surface area (Å²) in [6.07, 6.45) is 10.5. The summed E-state index contributed by atoms with van der Waals surface area (Å²) in [4.78, 5) is 14.1. The van der Waals surface area contributed by atoms with Crippen LogP contribution in [-0.2, 0) is 0 Å². The van der Waals surface area contributed by atoms with Gasteiger partial charge in [-0.2, -0.15) is 0 Å². The van der Waals surface area contributed by atoms with Crippen LogP contribution in [0, 0.1) is 0 Å². The molecule has 2 rings (SSSR count). The predicted molar refractivity (Wildman–Crippen MR) is 101 cm³/mol. The Morgan fingerprint density at radius 3 is 2.50 bits per heavy atom. The second-order valence-corrected chi connectivity index (χ2v) is 6.95. The minimum atomic E-state index is 0.117. The zero-order valence-electron chi connectivity index (χ0n) is 15.6. The maximum Gasteiger partial charge on any atom is 0.159 e. The van der Waals surface area contributed by atoms with Crippen LogP contribution in [0.25, 0.3) is 0 Å². The van der Waals surface area contributed by atoms with Crippen molar-refractivity contribution >= 4 is 11.5 Å². The number of rotatable bonds is 10. The standard InChI is InChI=1S/C21H33NO2/c1-4-6-7-8-9-10-11-14-22-16-19(5-2)24-21-13-12-18(17(3)23)15-20(21)22/h12-13,15,19H,4-11,14,16H2,1-3H3. The van der Waals surface area contributed by atoms with Crippen molar-refractivity contribution in [2.75, 3.05) is 18.0 Å². The number of ketones is 1. The van der Waals surface area contributed by atoms with Crippen LogP contribution in [0.3, 0.4) is 0 Å². The van der Waals surface area contributed by atoms with Gasteiger partial charge >= 0.3 is 0 Å². The largest absolute Gasteiger partial charge is 0.486 e. The third kappa shape index (κ3) is 5.25. The molecule has 0 fully saturated rings. The lowest BCUT2D eigenvalue weighted by Crippen LogP contribution is -2.40. The molecule has 0 N–H and O–H groups in total. The first-order valence-electron chi connectivity index (χ1n) is 9.72. The normalized spacial score (nSPS) is 16.6. The van der Waals surface area contributed by atoms with Crippen LogP contribution in [-0.4, -0.2) is 25.0 Å². The van der Waals surface area contributed by atoms with E-state index in [0.717, 1.165) is 36.5 Å². The van der Waals surface area contributed by atoms with Gasteiger partial charge in [0.05, 0.1) is 12.2 Å². The summed E-state index contributed by atoms with van der Waals surface area (Å²) >= 11 is 0. The molecule has 0 bridgehead atoms. The zero-order valence-corrected chi connectivity index (χ0v) is 15.6. The number of carbonyl (C=O) groups excluding carboxylic acids is 1. The van der Waals surface area contributed by atoms with Crippen molar-refractivity contribution in [1.82, 2.24) is 0 Å². The lowest BCUT2D eigenvalue weighted by Gasteiger charge is -2.36. The van der Waals surface area contributed by atoms with Crippen molar-refractivity contribution in [1.29, 1.82) is 0 Å². The third-order valence-electron chi connectivity index (χ3n) is 4.91. The molecule has 1 heterocycles. The van der Waals surface area contributed by atoms with Gasteiger partial charge in [-0.25, -0.2) is 0 Å². The van der Waals surface area contributed by atoms with Crippen LogP contribution < -0.4 is 9.64 Å². The number of benzene rings is 1. The number of unbranched alkanes of at least 4 members (excludes halogenated alkanes) is 6. The van der Waals surface area contributed by atoms with Gasteiger partial charge in [0, 0.05) is 12.1 Å². The van der Waals surface area contributed by atoms with Crippen molar-refractivity contribution < 1.29 is 9.53 Å². The van der Waals surface area contributed by atoms with Gasteiger partial charge in [-0.05, 0) is 38.0 Å². The van der Waals surface area contributed by atoms with E-state index >= 15 is 0 Å². The topological polar surface area (TPSA) is 29.5 Å². The van der Waals surface area contributed by atoms with E-state index in [0.29, 0.717) is 0 Å². The van der Waals surface area contributed by atoms with Gasteiger partial charge < -0.3 is 9.64 Å². The number of fused-ring (bicyclic) bond motifs is 1. The molecule has 0 aliphatic carbocycles.